The third-order valence-electron chi connectivity index (χ3n) is 4.79. The number of anilines is 1. The van der Waals surface area contributed by atoms with Crippen LogP contribution in [0.5, 0.6) is 5.75 Å². The van der Waals surface area contributed by atoms with Gasteiger partial charge in [-0.25, -0.2) is 8.42 Å². The zero-order valence-electron chi connectivity index (χ0n) is 18.1. The maximum Gasteiger partial charge on any atom is 0.273 e. The van der Waals surface area contributed by atoms with Crippen molar-refractivity contribution >= 4 is 33.0 Å². The van der Waals surface area contributed by atoms with Crippen LogP contribution in [0.2, 0.25) is 0 Å². The molecule has 0 fully saturated rings. The highest BCUT2D eigenvalue weighted by Gasteiger charge is 2.22. The van der Waals surface area contributed by atoms with Crippen molar-refractivity contribution in [2.45, 2.75) is 10.8 Å². The Morgan fingerprint density at radius 2 is 1.72 bits per heavy atom. The molecule has 1 N–H and O–H groups in total. The standard InChI is InChI=1S/C23H27N3O4S2/c1-25(17-19-7-4-3-5-8-19)15-14-24-22(27)18-30-21-12-10-20(11-13-21)26(2)32(28,29)23-9-6-16-31-23/h3-13,16H,14-15,17-18H2,1-2H3,(H,24,27). The summed E-state index contributed by atoms with van der Waals surface area (Å²) in [5.74, 6) is 0.284. The third-order valence-corrected chi connectivity index (χ3v) is 7.95. The normalized spacial score (nSPS) is 11.3. The molecular weight excluding hydrogens is 446 g/mol. The molecule has 0 atom stereocenters. The van der Waals surface area contributed by atoms with Crippen molar-refractivity contribution in [1.29, 1.82) is 0 Å². The van der Waals surface area contributed by atoms with E-state index in [1.807, 2.05) is 25.2 Å². The molecule has 1 amide bonds. The van der Waals surface area contributed by atoms with E-state index in [1.165, 1.54) is 28.3 Å². The van der Waals surface area contributed by atoms with Gasteiger partial charge in [-0.05, 0) is 48.3 Å². The van der Waals surface area contributed by atoms with Gasteiger partial charge in [0.25, 0.3) is 15.9 Å². The molecule has 0 aliphatic carbocycles. The molecule has 170 valence electrons. The average molecular weight is 474 g/mol. The number of carbonyl (C=O) groups is 1. The zero-order valence-corrected chi connectivity index (χ0v) is 19.7. The minimum absolute atomic E-state index is 0.106. The van der Waals surface area contributed by atoms with Gasteiger partial charge in [-0.15, -0.1) is 11.3 Å². The molecule has 1 aromatic heterocycles. The second kappa shape index (κ2) is 11.1. The predicted molar refractivity (Wildman–Crippen MR) is 128 cm³/mol. The molecule has 1 heterocycles. The van der Waals surface area contributed by atoms with Crippen LogP contribution in [0.3, 0.4) is 0 Å². The predicted octanol–water partition coefficient (Wildman–Crippen LogP) is 3.20. The van der Waals surface area contributed by atoms with Gasteiger partial charge in [0, 0.05) is 26.7 Å². The van der Waals surface area contributed by atoms with Crippen molar-refractivity contribution in [3.63, 3.8) is 0 Å². The maximum atomic E-state index is 12.6. The van der Waals surface area contributed by atoms with Crippen molar-refractivity contribution in [3.8, 4) is 5.75 Å². The Bertz CT molecular complexity index is 1090. The van der Waals surface area contributed by atoms with E-state index >= 15 is 0 Å². The van der Waals surface area contributed by atoms with Crippen LogP contribution in [0.15, 0.2) is 76.3 Å². The van der Waals surface area contributed by atoms with Crippen LogP contribution in [0.25, 0.3) is 0 Å². The Labute approximate surface area is 193 Å². The van der Waals surface area contributed by atoms with E-state index in [1.54, 1.807) is 41.8 Å². The fourth-order valence-electron chi connectivity index (χ4n) is 3.00. The molecule has 0 saturated carbocycles. The van der Waals surface area contributed by atoms with Gasteiger partial charge in [0.05, 0.1) is 5.69 Å². The highest BCUT2D eigenvalue weighted by Crippen LogP contribution is 2.26. The molecule has 7 nitrogen and oxygen atoms in total. The molecule has 3 rings (SSSR count). The van der Waals surface area contributed by atoms with Crippen LogP contribution in [0.1, 0.15) is 5.56 Å². The second-order valence-electron chi connectivity index (χ2n) is 7.26. The summed E-state index contributed by atoms with van der Waals surface area (Å²) in [7, 11) is -0.0678. The van der Waals surface area contributed by atoms with Gasteiger partial charge in [0.15, 0.2) is 6.61 Å². The highest BCUT2D eigenvalue weighted by atomic mass is 32.2. The van der Waals surface area contributed by atoms with E-state index in [0.717, 1.165) is 13.1 Å². The fraction of sp³-hybridized carbons (Fsp3) is 0.261. The summed E-state index contributed by atoms with van der Waals surface area (Å²) in [6, 6.07) is 20.0. The number of hydrogen-bond donors (Lipinski definition) is 1. The molecule has 0 aliphatic heterocycles. The van der Waals surface area contributed by atoms with Crippen molar-refractivity contribution in [2.24, 2.45) is 0 Å². The van der Waals surface area contributed by atoms with Crippen LogP contribution in [-0.2, 0) is 21.4 Å². The van der Waals surface area contributed by atoms with Crippen molar-refractivity contribution in [1.82, 2.24) is 10.2 Å². The summed E-state index contributed by atoms with van der Waals surface area (Å²) in [6.45, 7) is 1.96. The molecular formula is C23H27N3O4S2. The topological polar surface area (TPSA) is 79.0 Å². The van der Waals surface area contributed by atoms with E-state index in [4.69, 9.17) is 4.74 Å². The quantitative estimate of drug-likeness (QED) is 0.463. The molecule has 0 aliphatic rings. The lowest BCUT2D eigenvalue weighted by Gasteiger charge is -2.19. The van der Waals surface area contributed by atoms with Crippen LogP contribution in [0.4, 0.5) is 5.69 Å². The summed E-state index contributed by atoms with van der Waals surface area (Å²) < 4.78 is 32.2. The van der Waals surface area contributed by atoms with E-state index in [9.17, 15) is 13.2 Å². The minimum atomic E-state index is -3.58. The largest absolute Gasteiger partial charge is 0.484 e. The second-order valence-corrected chi connectivity index (χ2v) is 10.4. The fourth-order valence-corrected chi connectivity index (χ4v) is 5.35. The lowest BCUT2D eigenvalue weighted by Crippen LogP contribution is -2.35. The van der Waals surface area contributed by atoms with Gasteiger partial charge in [-0.2, -0.15) is 0 Å². The summed E-state index contributed by atoms with van der Waals surface area (Å²) >= 11 is 1.17. The number of benzene rings is 2. The number of thiophene rings is 1. The SMILES string of the molecule is CN(CCNC(=O)COc1ccc(N(C)S(=O)(=O)c2cccs2)cc1)Cc1ccccc1. The van der Waals surface area contributed by atoms with Crippen molar-refractivity contribution in [2.75, 3.05) is 38.1 Å². The van der Waals surface area contributed by atoms with Gasteiger partial charge in [0.2, 0.25) is 0 Å². The lowest BCUT2D eigenvalue weighted by molar-refractivity contribution is -0.123. The number of likely N-dealkylation sites (N-methyl/N-ethyl adjacent to an activating group) is 1. The summed E-state index contributed by atoms with van der Waals surface area (Å²) in [4.78, 5) is 14.2. The van der Waals surface area contributed by atoms with Crippen molar-refractivity contribution in [3.05, 3.63) is 77.7 Å². The first-order valence-electron chi connectivity index (χ1n) is 10.1. The third kappa shape index (κ3) is 6.56. The average Bonchev–Trinajstić information content (AvgIpc) is 3.34. The molecule has 32 heavy (non-hydrogen) atoms. The summed E-state index contributed by atoms with van der Waals surface area (Å²) in [5, 5.41) is 4.57. The van der Waals surface area contributed by atoms with Crippen LogP contribution < -0.4 is 14.4 Å². The summed E-state index contributed by atoms with van der Waals surface area (Å²) in [6.07, 6.45) is 0. The van der Waals surface area contributed by atoms with Gasteiger partial charge >= 0.3 is 0 Å². The first-order valence-corrected chi connectivity index (χ1v) is 12.4. The lowest BCUT2D eigenvalue weighted by atomic mass is 10.2. The molecule has 0 spiro atoms. The molecule has 0 bridgehead atoms. The zero-order chi connectivity index (χ0) is 23.0. The number of carbonyl (C=O) groups excluding carboxylic acids is 1. The number of nitrogens with zero attached hydrogens (tertiary/aromatic N) is 2. The number of ether oxygens (including phenoxy) is 1. The number of hydrogen-bond acceptors (Lipinski definition) is 6. The van der Waals surface area contributed by atoms with E-state index < -0.39 is 10.0 Å². The molecule has 3 aromatic rings. The monoisotopic (exact) mass is 473 g/mol. The Morgan fingerprint density at radius 3 is 2.38 bits per heavy atom. The van der Waals surface area contributed by atoms with Gasteiger partial charge in [-0.1, -0.05) is 36.4 Å². The first-order chi connectivity index (χ1) is 15.4. The van der Waals surface area contributed by atoms with E-state index in [-0.39, 0.29) is 16.7 Å². The Hall–Kier alpha value is -2.88. The van der Waals surface area contributed by atoms with Gasteiger partial charge in [0.1, 0.15) is 9.96 Å². The molecule has 0 unspecified atom stereocenters. The number of sulfonamides is 1. The van der Waals surface area contributed by atoms with Crippen LogP contribution >= 0.6 is 11.3 Å². The van der Waals surface area contributed by atoms with Gasteiger partial charge in [-0.3, -0.25) is 9.10 Å². The Balaban J connectivity index is 1.41. The first kappa shape index (κ1) is 23.8. The molecule has 0 saturated heterocycles. The van der Waals surface area contributed by atoms with Gasteiger partial charge < -0.3 is 15.0 Å². The molecule has 0 radical (unpaired) electrons. The number of rotatable bonds is 11. The highest BCUT2D eigenvalue weighted by molar-refractivity contribution is 7.94. The maximum absolute atomic E-state index is 12.6. The number of nitrogens with one attached hydrogen (secondary N) is 1. The summed E-state index contributed by atoms with van der Waals surface area (Å²) in [5.41, 5.74) is 1.73. The smallest absolute Gasteiger partial charge is 0.273 e. The van der Waals surface area contributed by atoms with Crippen LogP contribution in [-0.4, -0.2) is 53.0 Å². The molecule has 9 heteroatoms. The van der Waals surface area contributed by atoms with E-state index in [0.29, 0.717) is 18.0 Å². The molecule has 2 aromatic carbocycles. The number of amides is 1. The Kier molecular flexibility index (Phi) is 8.26. The minimum Gasteiger partial charge on any atom is -0.484 e. The van der Waals surface area contributed by atoms with Crippen molar-refractivity contribution < 1.29 is 17.9 Å². The van der Waals surface area contributed by atoms with E-state index in [2.05, 4.69) is 22.3 Å². The van der Waals surface area contributed by atoms with Crippen LogP contribution in [0, 0.1) is 0 Å². The Morgan fingerprint density at radius 1 is 1.00 bits per heavy atom.